The number of halogens is 1. The molecule has 0 aliphatic carbocycles. The van der Waals surface area contributed by atoms with Gasteiger partial charge in [-0.2, -0.15) is 0 Å². The molecule has 2 aromatic rings. The Morgan fingerprint density at radius 2 is 1.69 bits per heavy atom. The van der Waals surface area contributed by atoms with Crippen LogP contribution in [0.5, 0.6) is 0 Å². The van der Waals surface area contributed by atoms with Gasteiger partial charge in [0, 0.05) is 49.3 Å². The van der Waals surface area contributed by atoms with Gasteiger partial charge in [-0.1, -0.05) is 40.2 Å². The van der Waals surface area contributed by atoms with Gasteiger partial charge < -0.3 is 10.2 Å². The van der Waals surface area contributed by atoms with E-state index in [0.29, 0.717) is 6.54 Å². The van der Waals surface area contributed by atoms with Gasteiger partial charge in [0.25, 0.3) is 5.91 Å². The maximum Gasteiger partial charge on any atom is 0.251 e. The number of amides is 1. The van der Waals surface area contributed by atoms with Gasteiger partial charge in [-0.05, 0) is 48.9 Å². The molecule has 1 aliphatic rings. The molecule has 0 radical (unpaired) electrons. The van der Waals surface area contributed by atoms with Crippen molar-refractivity contribution in [1.29, 1.82) is 0 Å². The van der Waals surface area contributed by atoms with Gasteiger partial charge in [0.15, 0.2) is 0 Å². The molecule has 2 aromatic carbocycles. The zero-order valence-electron chi connectivity index (χ0n) is 15.5. The Morgan fingerprint density at radius 3 is 2.35 bits per heavy atom. The third-order valence-corrected chi connectivity index (χ3v) is 5.40. The van der Waals surface area contributed by atoms with Crippen molar-refractivity contribution in [3.8, 4) is 0 Å². The van der Waals surface area contributed by atoms with E-state index in [9.17, 15) is 4.79 Å². The van der Waals surface area contributed by atoms with E-state index in [2.05, 4.69) is 62.4 Å². The minimum absolute atomic E-state index is 0.0310. The van der Waals surface area contributed by atoms with E-state index in [1.807, 2.05) is 25.1 Å². The Hall–Kier alpha value is -1.69. The number of carbonyl (C=O) groups is 1. The number of carbonyl (C=O) groups excluding carboxylic acids is 1. The number of hydrogen-bond acceptors (Lipinski definition) is 3. The average molecular weight is 416 g/mol. The fraction of sp³-hybridized carbons (Fsp3) is 0.381. The Bertz CT molecular complexity index is 752. The van der Waals surface area contributed by atoms with Gasteiger partial charge in [0.2, 0.25) is 0 Å². The first-order chi connectivity index (χ1) is 12.5. The largest absolute Gasteiger partial charge is 0.348 e. The molecule has 0 aromatic heterocycles. The minimum Gasteiger partial charge on any atom is -0.348 e. The summed E-state index contributed by atoms with van der Waals surface area (Å²) in [6.07, 6.45) is 0. The Balaban J connectivity index is 1.52. The summed E-state index contributed by atoms with van der Waals surface area (Å²) >= 11 is 3.43. The fourth-order valence-corrected chi connectivity index (χ4v) is 3.66. The average Bonchev–Trinajstić information content (AvgIpc) is 2.63. The highest BCUT2D eigenvalue weighted by Gasteiger charge is 2.14. The molecule has 1 amide bonds. The third-order valence-electron chi connectivity index (χ3n) is 4.91. The Morgan fingerprint density at radius 1 is 1.04 bits per heavy atom. The van der Waals surface area contributed by atoms with E-state index in [1.165, 1.54) is 5.56 Å². The molecule has 138 valence electrons. The summed E-state index contributed by atoms with van der Waals surface area (Å²) in [5, 5.41) is 3.01. The quantitative estimate of drug-likeness (QED) is 0.812. The van der Waals surface area contributed by atoms with Crippen LogP contribution in [0.25, 0.3) is 0 Å². The number of likely N-dealkylation sites (N-methyl/N-ethyl adjacent to an activating group) is 1. The van der Waals surface area contributed by atoms with E-state index in [1.54, 1.807) is 0 Å². The van der Waals surface area contributed by atoms with Crippen molar-refractivity contribution in [3.05, 3.63) is 69.2 Å². The van der Waals surface area contributed by atoms with Crippen LogP contribution in [0, 0.1) is 6.92 Å². The van der Waals surface area contributed by atoms with Crippen LogP contribution in [0.4, 0.5) is 0 Å². The standard InChI is InChI=1S/C21H26BrN3O/c1-16-13-19(22)7-8-20(16)21(26)23-14-17-3-5-18(6-4-17)15-25-11-9-24(2)10-12-25/h3-8,13H,9-12,14-15H2,1-2H3,(H,23,26). The SMILES string of the molecule is Cc1cc(Br)ccc1C(=O)NCc1ccc(CN2CCN(C)CC2)cc1. The highest BCUT2D eigenvalue weighted by molar-refractivity contribution is 9.10. The molecule has 5 heteroatoms. The van der Waals surface area contributed by atoms with Crippen LogP contribution in [-0.4, -0.2) is 48.9 Å². The van der Waals surface area contributed by atoms with Gasteiger partial charge in [0.1, 0.15) is 0 Å². The second kappa shape index (κ2) is 8.80. The zero-order valence-corrected chi connectivity index (χ0v) is 17.1. The van der Waals surface area contributed by atoms with E-state index < -0.39 is 0 Å². The van der Waals surface area contributed by atoms with Crippen LogP contribution < -0.4 is 5.32 Å². The van der Waals surface area contributed by atoms with Crippen LogP contribution in [0.2, 0.25) is 0 Å². The lowest BCUT2D eigenvalue weighted by Crippen LogP contribution is -2.43. The summed E-state index contributed by atoms with van der Waals surface area (Å²) in [4.78, 5) is 17.2. The second-order valence-corrected chi connectivity index (χ2v) is 7.95. The summed E-state index contributed by atoms with van der Waals surface area (Å²) in [5.74, 6) is -0.0310. The van der Waals surface area contributed by atoms with Gasteiger partial charge in [-0.15, -0.1) is 0 Å². The summed E-state index contributed by atoms with van der Waals surface area (Å²) < 4.78 is 0.988. The third kappa shape index (κ3) is 5.16. The number of aryl methyl sites for hydroxylation is 1. The maximum absolute atomic E-state index is 12.4. The number of piperazine rings is 1. The normalized spacial score (nSPS) is 15.8. The van der Waals surface area contributed by atoms with Crippen LogP contribution >= 0.6 is 15.9 Å². The lowest BCUT2D eigenvalue weighted by atomic mass is 10.1. The minimum atomic E-state index is -0.0310. The first kappa shape index (κ1) is 19.1. The van der Waals surface area contributed by atoms with Crippen LogP contribution in [0.1, 0.15) is 27.0 Å². The maximum atomic E-state index is 12.4. The number of benzene rings is 2. The molecule has 1 saturated heterocycles. The van der Waals surface area contributed by atoms with Crippen molar-refractivity contribution < 1.29 is 4.79 Å². The number of nitrogens with one attached hydrogen (secondary N) is 1. The molecule has 1 fully saturated rings. The van der Waals surface area contributed by atoms with E-state index in [4.69, 9.17) is 0 Å². The van der Waals surface area contributed by atoms with Crippen LogP contribution in [0.3, 0.4) is 0 Å². The predicted molar refractivity (Wildman–Crippen MR) is 109 cm³/mol. The van der Waals surface area contributed by atoms with Crippen molar-refractivity contribution in [1.82, 2.24) is 15.1 Å². The summed E-state index contributed by atoms with van der Waals surface area (Å²) in [6, 6.07) is 14.3. The summed E-state index contributed by atoms with van der Waals surface area (Å²) in [5.41, 5.74) is 4.14. The van der Waals surface area contributed by atoms with Gasteiger partial charge in [0.05, 0.1) is 0 Å². The highest BCUT2D eigenvalue weighted by atomic mass is 79.9. The van der Waals surface area contributed by atoms with Crippen molar-refractivity contribution >= 4 is 21.8 Å². The van der Waals surface area contributed by atoms with Crippen molar-refractivity contribution in [2.75, 3.05) is 33.2 Å². The Labute approximate surface area is 164 Å². The molecule has 0 spiro atoms. The van der Waals surface area contributed by atoms with Crippen LogP contribution in [0.15, 0.2) is 46.9 Å². The number of nitrogens with zero attached hydrogens (tertiary/aromatic N) is 2. The molecule has 0 saturated carbocycles. The first-order valence-electron chi connectivity index (χ1n) is 9.04. The molecule has 0 bridgehead atoms. The molecule has 3 rings (SSSR count). The van der Waals surface area contributed by atoms with Crippen molar-refractivity contribution in [3.63, 3.8) is 0 Å². The predicted octanol–water partition coefficient (Wildman–Crippen LogP) is 3.43. The molecule has 1 N–H and O–H groups in total. The van der Waals surface area contributed by atoms with E-state index >= 15 is 0 Å². The van der Waals surface area contributed by atoms with Crippen LogP contribution in [-0.2, 0) is 13.1 Å². The number of rotatable bonds is 5. The van der Waals surface area contributed by atoms with Crippen molar-refractivity contribution in [2.24, 2.45) is 0 Å². The van der Waals surface area contributed by atoms with Crippen molar-refractivity contribution in [2.45, 2.75) is 20.0 Å². The zero-order chi connectivity index (χ0) is 18.5. The monoisotopic (exact) mass is 415 g/mol. The van der Waals surface area contributed by atoms with Gasteiger partial charge >= 0.3 is 0 Å². The fourth-order valence-electron chi connectivity index (χ4n) is 3.19. The molecule has 1 heterocycles. The molecule has 1 aliphatic heterocycles. The smallest absolute Gasteiger partial charge is 0.251 e. The summed E-state index contributed by atoms with van der Waals surface area (Å²) in [6.45, 7) is 8.02. The lowest BCUT2D eigenvalue weighted by molar-refractivity contribution is 0.0950. The second-order valence-electron chi connectivity index (χ2n) is 7.04. The van der Waals surface area contributed by atoms with E-state index in [0.717, 1.165) is 53.9 Å². The van der Waals surface area contributed by atoms with E-state index in [-0.39, 0.29) is 5.91 Å². The Kier molecular flexibility index (Phi) is 6.46. The molecule has 0 unspecified atom stereocenters. The summed E-state index contributed by atoms with van der Waals surface area (Å²) in [7, 11) is 2.18. The topological polar surface area (TPSA) is 35.6 Å². The molecule has 26 heavy (non-hydrogen) atoms. The lowest BCUT2D eigenvalue weighted by Gasteiger charge is -2.32. The molecule has 0 atom stereocenters. The highest BCUT2D eigenvalue weighted by Crippen LogP contribution is 2.16. The molecular weight excluding hydrogens is 390 g/mol. The van der Waals surface area contributed by atoms with Gasteiger partial charge in [-0.3, -0.25) is 9.69 Å². The van der Waals surface area contributed by atoms with Gasteiger partial charge in [-0.25, -0.2) is 0 Å². The number of hydrogen-bond donors (Lipinski definition) is 1. The first-order valence-corrected chi connectivity index (χ1v) is 9.83. The molecule has 4 nitrogen and oxygen atoms in total. The molecular formula is C21H26BrN3O.